The van der Waals surface area contributed by atoms with E-state index < -0.39 is 0 Å². The molecule has 1 saturated heterocycles. The lowest BCUT2D eigenvalue weighted by atomic mass is 10.0. The van der Waals surface area contributed by atoms with Gasteiger partial charge in [-0.2, -0.15) is 0 Å². The minimum absolute atomic E-state index is 0.685. The van der Waals surface area contributed by atoms with Crippen LogP contribution in [0.25, 0.3) is 0 Å². The maximum atomic E-state index is 3.72. The molecule has 120 valence electrons. The standard InChI is InChI=1S/C18H38N2/c1-5-6-7-8-9-10-11-14-20-15-18(16(2)3)19-13-12-17(20)4/h16-19H,5-15H2,1-4H3. The molecule has 2 nitrogen and oxygen atoms in total. The van der Waals surface area contributed by atoms with E-state index >= 15 is 0 Å². The summed E-state index contributed by atoms with van der Waals surface area (Å²) in [6, 6.07) is 1.44. The van der Waals surface area contributed by atoms with Gasteiger partial charge in [0.2, 0.25) is 0 Å². The van der Waals surface area contributed by atoms with Crippen molar-refractivity contribution in [1.29, 1.82) is 0 Å². The first-order chi connectivity index (χ1) is 9.65. The Morgan fingerprint density at radius 2 is 1.70 bits per heavy atom. The van der Waals surface area contributed by atoms with Gasteiger partial charge in [0, 0.05) is 18.6 Å². The normalized spacial score (nSPS) is 25.1. The minimum Gasteiger partial charge on any atom is -0.312 e. The van der Waals surface area contributed by atoms with E-state index in [9.17, 15) is 0 Å². The van der Waals surface area contributed by atoms with Crippen molar-refractivity contribution in [2.24, 2.45) is 5.92 Å². The molecule has 1 aliphatic rings. The van der Waals surface area contributed by atoms with Crippen LogP contribution in [0.1, 0.15) is 79.1 Å². The Balaban J connectivity index is 2.18. The van der Waals surface area contributed by atoms with Gasteiger partial charge in [0.05, 0.1) is 0 Å². The maximum Gasteiger partial charge on any atom is 0.0218 e. The molecule has 0 saturated carbocycles. The molecule has 2 heteroatoms. The third-order valence-electron chi connectivity index (χ3n) is 4.88. The molecule has 0 bridgehead atoms. The molecule has 1 N–H and O–H groups in total. The highest BCUT2D eigenvalue weighted by Gasteiger charge is 2.23. The van der Waals surface area contributed by atoms with Gasteiger partial charge in [-0.1, -0.05) is 59.3 Å². The van der Waals surface area contributed by atoms with Crippen LogP contribution in [-0.4, -0.2) is 36.6 Å². The van der Waals surface area contributed by atoms with Crippen LogP contribution in [0.5, 0.6) is 0 Å². The van der Waals surface area contributed by atoms with Crippen LogP contribution in [-0.2, 0) is 0 Å². The second-order valence-electron chi connectivity index (χ2n) is 7.06. The molecule has 0 aliphatic carbocycles. The monoisotopic (exact) mass is 282 g/mol. The van der Waals surface area contributed by atoms with Crippen LogP contribution >= 0.6 is 0 Å². The molecular formula is C18H38N2. The van der Waals surface area contributed by atoms with Gasteiger partial charge in [0.15, 0.2) is 0 Å². The van der Waals surface area contributed by atoms with Crippen LogP contribution in [0.3, 0.4) is 0 Å². The average molecular weight is 283 g/mol. The van der Waals surface area contributed by atoms with Gasteiger partial charge in [-0.3, -0.25) is 4.90 Å². The quantitative estimate of drug-likeness (QED) is 0.629. The fourth-order valence-electron chi connectivity index (χ4n) is 3.19. The van der Waals surface area contributed by atoms with E-state index in [1.54, 1.807) is 0 Å². The van der Waals surface area contributed by atoms with Crippen LogP contribution < -0.4 is 5.32 Å². The van der Waals surface area contributed by atoms with Gasteiger partial charge in [0.25, 0.3) is 0 Å². The Morgan fingerprint density at radius 3 is 2.35 bits per heavy atom. The van der Waals surface area contributed by atoms with Crippen LogP contribution in [0.2, 0.25) is 0 Å². The van der Waals surface area contributed by atoms with Gasteiger partial charge < -0.3 is 5.32 Å². The summed E-state index contributed by atoms with van der Waals surface area (Å²) in [7, 11) is 0. The van der Waals surface area contributed by atoms with E-state index in [-0.39, 0.29) is 0 Å². The van der Waals surface area contributed by atoms with Crippen LogP contribution in [0.15, 0.2) is 0 Å². The summed E-state index contributed by atoms with van der Waals surface area (Å²) in [6.45, 7) is 13.1. The SMILES string of the molecule is CCCCCCCCCN1CC(C(C)C)NCCC1C. The van der Waals surface area contributed by atoms with Crippen molar-refractivity contribution in [1.82, 2.24) is 10.2 Å². The predicted octanol–water partition coefficient (Wildman–Crippen LogP) is 4.45. The number of hydrogen-bond donors (Lipinski definition) is 1. The Morgan fingerprint density at radius 1 is 1.05 bits per heavy atom. The molecule has 0 aromatic heterocycles. The van der Waals surface area contributed by atoms with E-state index in [1.165, 1.54) is 71.0 Å². The van der Waals surface area contributed by atoms with Crippen molar-refractivity contribution >= 4 is 0 Å². The number of hydrogen-bond acceptors (Lipinski definition) is 2. The van der Waals surface area contributed by atoms with Crippen LogP contribution in [0.4, 0.5) is 0 Å². The number of rotatable bonds is 9. The van der Waals surface area contributed by atoms with Gasteiger partial charge in [-0.25, -0.2) is 0 Å². The summed E-state index contributed by atoms with van der Waals surface area (Å²) < 4.78 is 0. The fraction of sp³-hybridized carbons (Fsp3) is 1.00. The number of nitrogens with zero attached hydrogens (tertiary/aromatic N) is 1. The molecular weight excluding hydrogens is 244 g/mol. The molecule has 1 aliphatic heterocycles. The third-order valence-corrected chi connectivity index (χ3v) is 4.88. The summed E-state index contributed by atoms with van der Waals surface area (Å²) in [6.07, 6.45) is 11.2. The first-order valence-corrected chi connectivity index (χ1v) is 9.12. The van der Waals surface area contributed by atoms with Gasteiger partial charge in [-0.15, -0.1) is 0 Å². The van der Waals surface area contributed by atoms with Gasteiger partial charge >= 0.3 is 0 Å². The van der Waals surface area contributed by atoms with Crippen molar-refractivity contribution in [2.45, 2.75) is 91.1 Å². The molecule has 0 aromatic rings. The largest absolute Gasteiger partial charge is 0.312 e. The lowest BCUT2D eigenvalue weighted by molar-refractivity contribution is 0.188. The average Bonchev–Trinajstić information content (AvgIpc) is 2.60. The molecule has 0 spiro atoms. The molecule has 0 radical (unpaired) electrons. The van der Waals surface area contributed by atoms with E-state index in [4.69, 9.17) is 0 Å². The highest BCUT2D eigenvalue weighted by Crippen LogP contribution is 2.15. The third kappa shape index (κ3) is 7.08. The molecule has 1 heterocycles. The Labute approximate surface area is 127 Å². The second kappa shape index (κ2) is 10.6. The zero-order valence-electron chi connectivity index (χ0n) is 14.5. The molecule has 2 unspecified atom stereocenters. The molecule has 20 heavy (non-hydrogen) atoms. The Hall–Kier alpha value is -0.0800. The fourth-order valence-corrected chi connectivity index (χ4v) is 3.19. The van der Waals surface area contributed by atoms with E-state index in [1.807, 2.05) is 0 Å². The molecule has 0 aromatic carbocycles. The summed E-state index contributed by atoms with van der Waals surface area (Å²) in [5.41, 5.74) is 0. The van der Waals surface area contributed by atoms with Crippen molar-refractivity contribution < 1.29 is 0 Å². The zero-order chi connectivity index (χ0) is 14.8. The van der Waals surface area contributed by atoms with Crippen molar-refractivity contribution in [2.75, 3.05) is 19.6 Å². The zero-order valence-corrected chi connectivity index (χ0v) is 14.5. The predicted molar refractivity (Wildman–Crippen MR) is 90.3 cm³/mol. The first-order valence-electron chi connectivity index (χ1n) is 9.12. The lowest BCUT2D eigenvalue weighted by Gasteiger charge is -2.30. The molecule has 0 amide bonds. The lowest BCUT2D eigenvalue weighted by Crippen LogP contribution is -2.43. The smallest absolute Gasteiger partial charge is 0.0218 e. The summed E-state index contributed by atoms with van der Waals surface area (Å²) in [5, 5.41) is 3.72. The number of unbranched alkanes of at least 4 members (excludes halogenated alkanes) is 6. The van der Waals surface area contributed by atoms with E-state index in [0.29, 0.717) is 6.04 Å². The van der Waals surface area contributed by atoms with E-state index in [2.05, 4.69) is 37.9 Å². The van der Waals surface area contributed by atoms with E-state index in [0.717, 1.165) is 12.0 Å². The second-order valence-corrected chi connectivity index (χ2v) is 7.06. The summed E-state index contributed by atoms with van der Waals surface area (Å²) in [5.74, 6) is 0.747. The van der Waals surface area contributed by atoms with Crippen molar-refractivity contribution in [3.63, 3.8) is 0 Å². The summed E-state index contributed by atoms with van der Waals surface area (Å²) in [4.78, 5) is 2.73. The summed E-state index contributed by atoms with van der Waals surface area (Å²) >= 11 is 0. The maximum absolute atomic E-state index is 3.72. The Bertz CT molecular complexity index is 227. The molecule has 1 rings (SSSR count). The first kappa shape index (κ1) is 18.0. The Kier molecular flexibility index (Phi) is 9.54. The highest BCUT2D eigenvalue weighted by atomic mass is 15.2. The van der Waals surface area contributed by atoms with Crippen molar-refractivity contribution in [3.8, 4) is 0 Å². The highest BCUT2D eigenvalue weighted by molar-refractivity contribution is 4.82. The van der Waals surface area contributed by atoms with Gasteiger partial charge in [0.1, 0.15) is 0 Å². The van der Waals surface area contributed by atoms with Crippen LogP contribution in [0, 0.1) is 5.92 Å². The molecule has 2 atom stereocenters. The topological polar surface area (TPSA) is 15.3 Å². The van der Waals surface area contributed by atoms with Gasteiger partial charge in [-0.05, 0) is 38.8 Å². The van der Waals surface area contributed by atoms with Crippen molar-refractivity contribution in [3.05, 3.63) is 0 Å². The number of nitrogens with one attached hydrogen (secondary N) is 1. The minimum atomic E-state index is 0.685. The molecule has 1 fully saturated rings.